The highest BCUT2D eigenvalue weighted by atomic mass is 16.5. The number of hydrogen-bond donors (Lipinski definition) is 2. The molecule has 0 atom stereocenters. The van der Waals surface area contributed by atoms with E-state index >= 15 is 0 Å². The van der Waals surface area contributed by atoms with Crippen LogP contribution in [0.1, 0.15) is 28.5 Å². The van der Waals surface area contributed by atoms with Crippen molar-refractivity contribution in [1.29, 1.82) is 0 Å². The SMILES string of the molecule is CCOc1cccc(/C=N/NC(=O)c2ccc(-n3c(C)ccc3-c3ccccc3)cc2)c1O. The third-order valence-corrected chi connectivity index (χ3v) is 5.23. The molecule has 0 aliphatic carbocycles. The molecule has 1 aromatic heterocycles. The normalized spacial score (nSPS) is 11.0. The summed E-state index contributed by atoms with van der Waals surface area (Å²) in [5.74, 6) is 0.0160. The van der Waals surface area contributed by atoms with E-state index in [1.807, 2.05) is 37.3 Å². The molecule has 0 spiro atoms. The molecule has 2 N–H and O–H groups in total. The van der Waals surface area contributed by atoms with Gasteiger partial charge in [-0.1, -0.05) is 36.4 Å². The Morgan fingerprint density at radius 2 is 1.76 bits per heavy atom. The van der Waals surface area contributed by atoms with E-state index in [4.69, 9.17) is 4.74 Å². The fourth-order valence-electron chi connectivity index (χ4n) is 3.62. The third-order valence-electron chi connectivity index (χ3n) is 5.23. The van der Waals surface area contributed by atoms with Gasteiger partial charge < -0.3 is 14.4 Å². The van der Waals surface area contributed by atoms with Gasteiger partial charge >= 0.3 is 0 Å². The van der Waals surface area contributed by atoms with Gasteiger partial charge in [0.15, 0.2) is 11.5 Å². The molecule has 166 valence electrons. The minimum absolute atomic E-state index is 0.0157. The number of phenolic OH excluding ortho intramolecular Hbond substituents is 1. The van der Waals surface area contributed by atoms with E-state index < -0.39 is 0 Å². The molecule has 0 fully saturated rings. The van der Waals surface area contributed by atoms with Crippen molar-refractivity contribution in [3.63, 3.8) is 0 Å². The molecule has 6 nitrogen and oxygen atoms in total. The first kappa shape index (κ1) is 21.9. The average Bonchev–Trinajstić information content (AvgIpc) is 3.23. The number of nitrogens with one attached hydrogen (secondary N) is 1. The first-order chi connectivity index (χ1) is 16.1. The van der Waals surface area contributed by atoms with Gasteiger partial charge in [-0.05, 0) is 67.9 Å². The number of aromatic nitrogens is 1. The van der Waals surface area contributed by atoms with E-state index in [0.29, 0.717) is 23.5 Å². The summed E-state index contributed by atoms with van der Waals surface area (Å²) in [5, 5.41) is 14.2. The molecule has 0 saturated carbocycles. The summed E-state index contributed by atoms with van der Waals surface area (Å²) in [6.45, 7) is 4.33. The molecule has 0 unspecified atom stereocenters. The summed E-state index contributed by atoms with van der Waals surface area (Å²) in [6.07, 6.45) is 1.39. The van der Waals surface area contributed by atoms with Crippen LogP contribution in [-0.2, 0) is 0 Å². The Kier molecular flexibility index (Phi) is 6.55. The second kappa shape index (κ2) is 9.87. The minimum atomic E-state index is -0.342. The topological polar surface area (TPSA) is 75.8 Å². The number of para-hydroxylation sites is 1. The lowest BCUT2D eigenvalue weighted by Gasteiger charge is -2.12. The van der Waals surface area contributed by atoms with Crippen LogP contribution >= 0.6 is 0 Å². The van der Waals surface area contributed by atoms with Gasteiger partial charge in [-0.2, -0.15) is 5.10 Å². The van der Waals surface area contributed by atoms with Crippen molar-refractivity contribution in [1.82, 2.24) is 9.99 Å². The van der Waals surface area contributed by atoms with Gasteiger partial charge in [0.2, 0.25) is 0 Å². The average molecular weight is 440 g/mol. The number of ether oxygens (including phenoxy) is 1. The fraction of sp³-hybridized carbons (Fsp3) is 0.111. The summed E-state index contributed by atoms with van der Waals surface area (Å²) in [5.41, 5.74) is 7.71. The number of carbonyl (C=O) groups is 1. The van der Waals surface area contributed by atoms with Crippen LogP contribution in [0.5, 0.6) is 11.5 Å². The molecule has 4 aromatic rings. The molecule has 3 aromatic carbocycles. The van der Waals surface area contributed by atoms with Crippen LogP contribution in [0.2, 0.25) is 0 Å². The van der Waals surface area contributed by atoms with E-state index in [1.165, 1.54) is 6.21 Å². The Morgan fingerprint density at radius 3 is 2.48 bits per heavy atom. The van der Waals surface area contributed by atoms with Crippen LogP contribution in [-0.4, -0.2) is 28.4 Å². The molecule has 6 heteroatoms. The summed E-state index contributed by atoms with van der Waals surface area (Å²) in [4.78, 5) is 12.5. The molecule has 1 heterocycles. The minimum Gasteiger partial charge on any atom is -0.504 e. The number of aryl methyl sites for hydroxylation is 1. The molecule has 0 aliphatic heterocycles. The Bertz CT molecular complexity index is 1280. The largest absolute Gasteiger partial charge is 0.504 e. The fourth-order valence-corrected chi connectivity index (χ4v) is 3.62. The highest BCUT2D eigenvalue weighted by Gasteiger charge is 2.11. The van der Waals surface area contributed by atoms with Crippen molar-refractivity contribution >= 4 is 12.1 Å². The highest BCUT2D eigenvalue weighted by Crippen LogP contribution is 2.29. The molecule has 0 radical (unpaired) electrons. The standard InChI is InChI=1S/C27H25N3O3/c1-3-33-25-11-7-10-22(26(25)31)18-28-29-27(32)21-13-15-23(16-14-21)30-19(2)12-17-24(30)20-8-5-4-6-9-20/h4-18,31H,3H2,1-2H3,(H,29,32)/b28-18+. The van der Waals surface area contributed by atoms with Crippen LogP contribution in [0.15, 0.2) is 90.0 Å². The number of nitrogens with zero attached hydrogens (tertiary/aromatic N) is 2. The van der Waals surface area contributed by atoms with E-state index in [-0.39, 0.29) is 11.7 Å². The summed E-state index contributed by atoms with van der Waals surface area (Å²) in [6, 6.07) is 26.8. The molecule has 1 amide bonds. The molecule has 0 bridgehead atoms. The summed E-state index contributed by atoms with van der Waals surface area (Å²) >= 11 is 0. The molecule has 4 rings (SSSR count). The number of hydrogen-bond acceptors (Lipinski definition) is 4. The van der Waals surface area contributed by atoms with Crippen molar-refractivity contribution in [2.75, 3.05) is 6.61 Å². The first-order valence-corrected chi connectivity index (χ1v) is 10.7. The van der Waals surface area contributed by atoms with Crippen LogP contribution in [0, 0.1) is 6.92 Å². The Balaban J connectivity index is 1.49. The van der Waals surface area contributed by atoms with E-state index in [0.717, 1.165) is 22.6 Å². The number of hydrazone groups is 1. The maximum Gasteiger partial charge on any atom is 0.271 e. The number of aromatic hydroxyl groups is 1. The van der Waals surface area contributed by atoms with Crippen molar-refractivity contribution in [2.24, 2.45) is 5.10 Å². The van der Waals surface area contributed by atoms with Crippen molar-refractivity contribution in [3.05, 3.63) is 102 Å². The van der Waals surface area contributed by atoms with Gasteiger partial charge in [-0.3, -0.25) is 4.79 Å². The predicted molar refractivity (Wildman–Crippen MR) is 130 cm³/mol. The number of carbonyl (C=O) groups excluding carboxylic acids is 1. The van der Waals surface area contributed by atoms with Crippen LogP contribution < -0.4 is 10.2 Å². The van der Waals surface area contributed by atoms with E-state index in [1.54, 1.807) is 30.3 Å². The van der Waals surface area contributed by atoms with E-state index in [9.17, 15) is 9.90 Å². The predicted octanol–water partition coefficient (Wildman–Crippen LogP) is 5.32. The molecular weight excluding hydrogens is 414 g/mol. The van der Waals surface area contributed by atoms with Crippen molar-refractivity contribution in [2.45, 2.75) is 13.8 Å². The summed E-state index contributed by atoms with van der Waals surface area (Å²) in [7, 11) is 0. The number of rotatable bonds is 7. The monoisotopic (exact) mass is 439 g/mol. The van der Waals surface area contributed by atoms with Gasteiger partial charge in [-0.25, -0.2) is 5.43 Å². The smallest absolute Gasteiger partial charge is 0.271 e. The van der Waals surface area contributed by atoms with Gasteiger partial charge in [0, 0.05) is 22.5 Å². The molecular formula is C27H25N3O3. The van der Waals surface area contributed by atoms with Gasteiger partial charge in [0.05, 0.1) is 18.5 Å². The lowest BCUT2D eigenvalue weighted by atomic mass is 10.1. The number of amides is 1. The van der Waals surface area contributed by atoms with Crippen molar-refractivity contribution in [3.8, 4) is 28.4 Å². The Labute approximate surface area is 192 Å². The number of benzene rings is 3. The zero-order valence-corrected chi connectivity index (χ0v) is 18.5. The quantitative estimate of drug-likeness (QED) is 0.302. The zero-order chi connectivity index (χ0) is 23.2. The molecule has 0 aliphatic rings. The van der Waals surface area contributed by atoms with Crippen LogP contribution in [0.3, 0.4) is 0 Å². The highest BCUT2D eigenvalue weighted by molar-refractivity contribution is 5.95. The Hall–Kier alpha value is -4.32. The second-order valence-electron chi connectivity index (χ2n) is 7.43. The summed E-state index contributed by atoms with van der Waals surface area (Å²) < 4.78 is 7.52. The van der Waals surface area contributed by atoms with Gasteiger partial charge in [-0.15, -0.1) is 0 Å². The lowest BCUT2D eigenvalue weighted by Crippen LogP contribution is -2.17. The zero-order valence-electron chi connectivity index (χ0n) is 18.5. The third kappa shape index (κ3) is 4.80. The van der Waals surface area contributed by atoms with Gasteiger partial charge in [0.25, 0.3) is 5.91 Å². The molecule has 33 heavy (non-hydrogen) atoms. The maximum atomic E-state index is 12.5. The van der Waals surface area contributed by atoms with Crippen LogP contribution in [0.25, 0.3) is 16.9 Å². The van der Waals surface area contributed by atoms with Crippen LogP contribution in [0.4, 0.5) is 0 Å². The first-order valence-electron chi connectivity index (χ1n) is 10.7. The van der Waals surface area contributed by atoms with Crippen molar-refractivity contribution < 1.29 is 14.6 Å². The van der Waals surface area contributed by atoms with Gasteiger partial charge in [0.1, 0.15) is 0 Å². The van der Waals surface area contributed by atoms with E-state index in [2.05, 4.69) is 46.3 Å². The lowest BCUT2D eigenvalue weighted by molar-refractivity contribution is 0.0955. The number of phenols is 1. The second-order valence-corrected chi connectivity index (χ2v) is 7.43. The Morgan fingerprint density at radius 1 is 1.00 bits per heavy atom. The maximum absolute atomic E-state index is 12.5. The molecule has 0 saturated heterocycles.